The van der Waals surface area contributed by atoms with Gasteiger partial charge in [0.2, 0.25) is 13.4 Å². The highest BCUT2D eigenvalue weighted by Crippen LogP contribution is 2.38. The van der Waals surface area contributed by atoms with Gasteiger partial charge in [-0.05, 0) is 110 Å². The number of rotatable bonds is 7. The third kappa shape index (κ3) is 5.44. The van der Waals surface area contributed by atoms with Gasteiger partial charge in [-0.3, -0.25) is 0 Å². The summed E-state index contributed by atoms with van der Waals surface area (Å²) >= 11 is 0. The van der Waals surface area contributed by atoms with Crippen LogP contribution in [-0.4, -0.2) is 22.6 Å². The molecule has 306 valence electrons. The Bertz CT molecular complexity index is 3260. The van der Waals surface area contributed by atoms with Crippen molar-refractivity contribution in [2.75, 3.05) is 0 Å². The van der Waals surface area contributed by atoms with Crippen LogP contribution in [0.4, 0.5) is 0 Å². The molecule has 0 atom stereocenters. The molecule has 0 unspecified atom stereocenters. The van der Waals surface area contributed by atoms with Gasteiger partial charge in [-0.25, -0.2) is 0 Å². The first-order valence-corrected chi connectivity index (χ1v) is 23.4. The summed E-state index contributed by atoms with van der Waals surface area (Å²) in [5, 5.41) is 5.31. The SMILES string of the molecule is Cc1cc(C(C)C)c(B2c3cc4c(cc3-n3c5ccccc5c5cccc2c53)B(c2c(C(C)C)cc(C(C)C)cc2C(C)C)c2cccc3c5ccccc5n-4c23)c(C(C)C)c1. The second-order valence-corrected chi connectivity index (χ2v) is 20.3. The Morgan fingerprint density at radius 1 is 0.371 bits per heavy atom. The van der Waals surface area contributed by atoms with Crippen LogP contribution in [0.5, 0.6) is 0 Å². The van der Waals surface area contributed by atoms with E-state index in [1.54, 1.807) is 0 Å². The highest BCUT2D eigenvalue weighted by molar-refractivity contribution is 7.00. The average molecular weight is 805 g/mol. The van der Waals surface area contributed by atoms with Crippen LogP contribution < -0.4 is 32.8 Å². The molecule has 2 nitrogen and oxygen atoms in total. The van der Waals surface area contributed by atoms with Gasteiger partial charge >= 0.3 is 0 Å². The number of aryl methyl sites for hydroxylation is 1. The predicted octanol–water partition coefficient (Wildman–Crippen LogP) is 11.5. The molecule has 0 saturated heterocycles. The van der Waals surface area contributed by atoms with E-state index < -0.39 is 0 Å². The lowest BCUT2D eigenvalue weighted by Gasteiger charge is -2.36. The Labute approximate surface area is 369 Å². The van der Waals surface area contributed by atoms with Gasteiger partial charge in [0.15, 0.2) is 0 Å². The number of fused-ring (bicyclic) bond motifs is 10. The average Bonchev–Trinajstić information content (AvgIpc) is 3.78. The molecule has 7 aromatic carbocycles. The molecule has 0 N–H and O–H groups in total. The highest BCUT2D eigenvalue weighted by Gasteiger charge is 2.42. The van der Waals surface area contributed by atoms with Crippen molar-refractivity contribution >= 4 is 89.8 Å². The summed E-state index contributed by atoms with van der Waals surface area (Å²) in [6, 6.07) is 48.0. The van der Waals surface area contributed by atoms with E-state index in [1.165, 1.54) is 121 Å². The first-order chi connectivity index (χ1) is 29.8. The van der Waals surface area contributed by atoms with Gasteiger partial charge in [0.25, 0.3) is 0 Å². The molecule has 0 amide bonds. The highest BCUT2D eigenvalue weighted by atomic mass is 15.0. The second-order valence-electron chi connectivity index (χ2n) is 20.3. The predicted molar refractivity (Wildman–Crippen MR) is 272 cm³/mol. The zero-order chi connectivity index (χ0) is 43.0. The van der Waals surface area contributed by atoms with Crippen LogP contribution in [0, 0.1) is 6.92 Å². The van der Waals surface area contributed by atoms with Gasteiger partial charge in [-0.15, -0.1) is 0 Å². The molecule has 0 fully saturated rings. The second kappa shape index (κ2) is 14.1. The van der Waals surface area contributed by atoms with Crippen molar-refractivity contribution in [3.8, 4) is 11.4 Å². The van der Waals surface area contributed by atoms with Crippen LogP contribution >= 0.6 is 0 Å². The van der Waals surface area contributed by atoms with Gasteiger partial charge in [-0.1, -0.05) is 183 Å². The molecule has 2 aromatic heterocycles. The van der Waals surface area contributed by atoms with Crippen molar-refractivity contribution in [2.24, 2.45) is 0 Å². The van der Waals surface area contributed by atoms with E-state index in [1.807, 2.05) is 0 Å². The minimum absolute atomic E-state index is 0.0524. The molecule has 0 spiro atoms. The van der Waals surface area contributed by atoms with E-state index in [0.717, 1.165) is 0 Å². The smallest absolute Gasteiger partial charge is 0.247 e. The van der Waals surface area contributed by atoms with Gasteiger partial charge in [0, 0.05) is 44.0 Å². The van der Waals surface area contributed by atoms with Crippen LogP contribution in [-0.2, 0) is 0 Å². The van der Waals surface area contributed by atoms with Gasteiger partial charge in [-0.2, -0.15) is 0 Å². The lowest BCUT2D eigenvalue weighted by atomic mass is 9.31. The normalized spacial score (nSPS) is 13.4. The first kappa shape index (κ1) is 39.1. The molecule has 11 rings (SSSR count). The van der Waals surface area contributed by atoms with Crippen LogP contribution in [0.15, 0.2) is 121 Å². The molecule has 62 heavy (non-hydrogen) atoms. The van der Waals surface area contributed by atoms with Crippen LogP contribution in [0.3, 0.4) is 0 Å². The quantitative estimate of drug-likeness (QED) is 0.142. The summed E-state index contributed by atoms with van der Waals surface area (Å²) in [6.45, 7) is 26.3. The minimum atomic E-state index is 0.0524. The fourth-order valence-corrected chi connectivity index (χ4v) is 12.0. The molecule has 9 aromatic rings. The van der Waals surface area contributed by atoms with Crippen LogP contribution in [0.2, 0.25) is 0 Å². The fourth-order valence-electron chi connectivity index (χ4n) is 12.0. The van der Waals surface area contributed by atoms with Crippen molar-refractivity contribution in [1.29, 1.82) is 0 Å². The molecule has 2 aliphatic heterocycles. The first-order valence-electron chi connectivity index (χ1n) is 23.4. The summed E-state index contributed by atoms with van der Waals surface area (Å²) in [7, 11) is 0. The Kier molecular flexibility index (Phi) is 8.93. The largest absolute Gasteiger partial charge is 0.310 e. The molecule has 0 bridgehead atoms. The molecule has 4 heteroatoms. The van der Waals surface area contributed by atoms with E-state index in [4.69, 9.17) is 0 Å². The Morgan fingerprint density at radius 2 is 0.742 bits per heavy atom. The van der Waals surface area contributed by atoms with E-state index in [2.05, 4.69) is 207 Å². The summed E-state index contributed by atoms with van der Waals surface area (Å²) < 4.78 is 5.31. The maximum Gasteiger partial charge on any atom is 0.247 e. The molecule has 2 aliphatic rings. The van der Waals surface area contributed by atoms with Crippen LogP contribution in [0.25, 0.3) is 55.0 Å². The van der Waals surface area contributed by atoms with Gasteiger partial charge < -0.3 is 9.13 Å². The standard InChI is InChI=1S/C58H58B2N2/c1-32(2)38-28-45(35(7)8)56(46(29-38)36(9)10)60-48-23-17-21-42-40-19-13-15-25-52(40)62(58(42)48)54-30-49-53(31-50(54)60)61-51-24-14-12-18-39(51)41-20-16-22-47(57(41)61)59(49)55-43(33(3)4)26-37(11)27-44(55)34(5)6/h12-36H,1-11H3. The minimum Gasteiger partial charge on any atom is -0.310 e. The van der Waals surface area contributed by atoms with E-state index in [0.29, 0.717) is 29.6 Å². The van der Waals surface area contributed by atoms with Crippen molar-refractivity contribution in [2.45, 2.75) is 106 Å². The maximum absolute atomic E-state index is 2.67. The Hall–Kier alpha value is -5.73. The third-order valence-corrected chi connectivity index (χ3v) is 14.7. The third-order valence-electron chi connectivity index (χ3n) is 14.7. The molecule has 0 aliphatic carbocycles. The maximum atomic E-state index is 2.67. The number of hydrogen-bond acceptors (Lipinski definition) is 0. The Balaban J connectivity index is 1.36. The van der Waals surface area contributed by atoms with Crippen molar-refractivity contribution < 1.29 is 0 Å². The molecule has 0 radical (unpaired) electrons. The van der Waals surface area contributed by atoms with Crippen molar-refractivity contribution in [3.05, 3.63) is 155 Å². The lowest BCUT2D eigenvalue weighted by Crippen LogP contribution is -2.61. The zero-order valence-electron chi connectivity index (χ0n) is 38.5. The lowest BCUT2D eigenvalue weighted by molar-refractivity contribution is 0.812. The molecule has 0 saturated carbocycles. The van der Waals surface area contributed by atoms with E-state index >= 15 is 0 Å². The van der Waals surface area contributed by atoms with Crippen molar-refractivity contribution in [1.82, 2.24) is 9.13 Å². The van der Waals surface area contributed by atoms with Crippen molar-refractivity contribution in [3.63, 3.8) is 0 Å². The molecule has 4 heterocycles. The van der Waals surface area contributed by atoms with Gasteiger partial charge in [0.1, 0.15) is 0 Å². The monoisotopic (exact) mass is 804 g/mol. The number of para-hydroxylation sites is 4. The molecular weight excluding hydrogens is 746 g/mol. The number of aromatic nitrogens is 2. The van der Waals surface area contributed by atoms with E-state index in [9.17, 15) is 0 Å². The fraction of sp³-hybridized carbons (Fsp3) is 0.276. The number of nitrogens with zero attached hydrogens (tertiary/aromatic N) is 2. The van der Waals surface area contributed by atoms with E-state index in [-0.39, 0.29) is 13.4 Å². The van der Waals surface area contributed by atoms with Crippen LogP contribution in [0.1, 0.15) is 132 Å². The summed E-state index contributed by atoms with van der Waals surface area (Å²) in [4.78, 5) is 0. The summed E-state index contributed by atoms with van der Waals surface area (Å²) in [5.41, 5.74) is 25.2. The van der Waals surface area contributed by atoms with Gasteiger partial charge in [0.05, 0.1) is 11.0 Å². The number of benzene rings is 7. The molecular formula is C58H58B2N2. The topological polar surface area (TPSA) is 9.86 Å². The Morgan fingerprint density at radius 3 is 1.13 bits per heavy atom. The summed E-state index contributed by atoms with van der Waals surface area (Å²) in [6.07, 6.45) is 0. The number of hydrogen-bond donors (Lipinski definition) is 0. The summed E-state index contributed by atoms with van der Waals surface area (Å²) in [5.74, 6) is 1.92. The zero-order valence-corrected chi connectivity index (χ0v) is 38.5.